The van der Waals surface area contributed by atoms with Gasteiger partial charge >= 0.3 is 5.97 Å². The smallest absolute Gasteiger partial charge is 0.338 e. The number of terminal acetylenes is 1. The molecule has 20 heavy (non-hydrogen) atoms. The van der Waals surface area contributed by atoms with Crippen LogP contribution in [-0.4, -0.2) is 22.0 Å². The van der Waals surface area contributed by atoms with Crippen molar-refractivity contribution in [2.45, 2.75) is 25.8 Å². The number of halogens is 1. The van der Waals surface area contributed by atoms with Crippen molar-refractivity contribution in [1.29, 1.82) is 0 Å². The maximum atomic E-state index is 11.2. The monoisotopic (exact) mass is 296 g/mol. The maximum absolute atomic E-state index is 11.2. The minimum atomic E-state index is -1.30. The van der Waals surface area contributed by atoms with E-state index < -0.39 is 10.9 Å². The van der Waals surface area contributed by atoms with Crippen LogP contribution in [0.15, 0.2) is 12.1 Å². The molecule has 0 aromatic heterocycles. The van der Waals surface area contributed by atoms with E-state index in [0.717, 1.165) is 12.1 Å². The highest BCUT2D eigenvalue weighted by Crippen LogP contribution is 2.32. The van der Waals surface area contributed by atoms with Gasteiger partial charge in [-0.1, -0.05) is 18.5 Å². The molecule has 6 nitrogen and oxygen atoms in total. The van der Waals surface area contributed by atoms with Gasteiger partial charge in [-0.25, -0.2) is 4.79 Å². The summed E-state index contributed by atoms with van der Waals surface area (Å²) in [6.45, 7) is 1.88. The molecule has 1 unspecified atom stereocenters. The molecule has 0 aliphatic heterocycles. The Morgan fingerprint density at radius 1 is 1.65 bits per heavy atom. The first-order valence-corrected chi connectivity index (χ1v) is 6.19. The first-order chi connectivity index (χ1) is 9.40. The van der Waals surface area contributed by atoms with Crippen molar-refractivity contribution in [3.8, 4) is 12.3 Å². The Balaban J connectivity index is 3.28. The molecule has 0 spiro atoms. The summed E-state index contributed by atoms with van der Waals surface area (Å²) in [7, 11) is 0. The average Bonchev–Trinajstić information content (AvgIpc) is 2.39. The largest absolute Gasteiger partial charge is 0.478 e. The number of non-ortho nitro benzene ring substituents is 1. The lowest BCUT2D eigenvalue weighted by atomic mass is 10.1. The average molecular weight is 297 g/mol. The lowest BCUT2D eigenvalue weighted by Crippen LogP contribution is -2.20. The zero-order valence-electron chi connectivity index (χ0n) is 10.7. The summed E-state index contributed by atoms with van der Waals surface area (Å²) in [5, 5.41) is 22.8. The van der Waals surface area contributed by atoms with Gasteiger partial charge < -0.3 is 10.4 Å². The highest BCUT2D eigenvalue weighted by molar-refractivity contribution is 6.34. The lowest BCUT2D eigenvalue weighted by molar-refractivity contribution is -0.384. The van der Waals surface area contributed by atoms with E-state index in [4.69, 9.17) is 23.1 Å². The van der Waals surface area contributed by atoms with E-state index in [1.54, 1.807) is 0 Å². The van der Waals surface area contributed by atoms with Crippen LogP contribution >= 0.6 is 11.6 Å². The fourth-order valence-electron chi connectivity index (χ4n) is 1.66. The Morgan fingerprint density at radius 3 is 2.75 bits per heavy atom. The number of rotatable bonds is 6. The predicted octanol–water partition coefficient (Wildman–Crippen LogP) is 3.16. The number of nitrogens with one attached hydrogen (secondary N) is 1. The maximum Gasteiger partial charge on any atom is 0.338 e. The molecule has 0 saturated carbocycles. The second-order valence-corrected chi connectivity index (χ2v) is 4.48. The molecule has 0 aliphatic carbocycles. The van der Waals surface area contributed by atoms with Crippen LogP contribution in [0, 0.1) is 22.5 Å². The molecule has 0 aliphatic rings. The first kappa shape index (κ1) is 15.8. The number of benzene rings is 1. The summed E-state index contributed by atoms with van der Waals surface area (Å²) in [6.07, 6.45) is 6.28. The molecule has 2 N–H and O–H groups in total. The standard InChI is InChI=1S/C13H13ClN2O4/c1-3-5-8(4-2)15-12-10(13(17)18)6-9(16(19)20)7-11(12)14/h1,6-8,15H,4-5H2,2H3,(H,17,18). The highest BCUT2D eigenvalue weighted by Gasteiger charge is 2.21. The van der Waals surface area contributed by atoms with E-state index >= 15 is 0 Å². The SMILES string of the molecule is C#CCC(CC)Nc1c(Cl)cc([N+](=O)[O-])cc1C(=O)O. The Morgan fingerprint density at radius 2 is 2.30 bits per heavy atom. The van der Waals surface area contributed by atoms with Crippen LogP contribution in [0.5, 0.6) is 0 Å². The van der Waals surface area contributed by atoms with E-state index in [-0.39, 0.29) is 28.0 Å². The predicted molar refractivity (Wildman–Crippen MR) is 76.2 cm³/mol. The van der Waals surface area contributed by atoms with Crippen LogP contribution in [0.3, 0.4) is 0 Å². The number of anilines is 1. The van der Waals surface area contributed by atoms with Gasteiger partial charge in [0.05, 0.1) is 21.2 Å². The molecule has 0 fully saturated rings. The van der Waals surface area contributed by atoms with Gasteiger partial charge in [0.2, 0.25) is 0 Å². The Hall–Kier alpha value is -2.26. The number of carboxylic acids is 1. The third-order valence-electron chi connectivity index (χ3n) is 2.72. The van der Waals surface area contributed by atoms with Gasteiger partial charge in [0.25, 0.3) is 5.69 Å². The Kier molecular flexibility index (Phi) is 5.35. The normalized spacial score (nSPS) is 11.4. The Bertz CT molecular complexity index is 580. The van der Waals surface area contributed by atoms with E-state index in [1.807, 2.05) is 6.92 Å². The number of nitro groups is 1. The zero-order chi connectivity index (χ0) is 15.3. The number of carboxylic acid groups (broad SMARTS) is 1. The van der Waals surface area contributed by atoms with Crippen LogP contribution in [0.25, 0.3) is 0 Å². The van der Waals surface area contributed by atoms with Gasteiger partial charge in [0.1, 0.15) is 0 Å². The summed E-state index contributed by atoms with van der Waals surface area (Å²) >= 11 is 5.94. The molecule has 0 radical (unpaired) electrons. The van der Waals surface area contributed by atoms with Crippen molar-refractivity contribution in [3.05, 3.63) is 32.8 Å². The molecule has 1 atom stereocenters. The summed E-state index contributed by atoms with van der Waals surface area (Å²) in [5.41, 5.74) is -0.477. The van der Waals surface area contributed by atoms with Gasteiger partial charge in [-0.3, -0.25) is 10.1 Å². The lowest BCUT2D eigenvalue weighted by Gasteiger charge is -2.18. The van der Waals surface area contributed by atoms with Crippen LogP contribution in [-0.2, 0) is 0 Å². The molecule has 1 rings (SSSR count). The van der Waals surface area contributed by atoms with Gasteiger partial charge in [-0.05, 0) is 6.42 Å². The summed E-state index contributed by atoms with van der Waals surface area (Å²) < 4.78 is 0. The number of nitro benzene ring substituents is 1. The highest BCUT2D eigenvalue weighted by atomic mass is 35.5. The molecule has 1 aromatic carbocycles. The fraction of sp³-hybridized carbons (Fsp3) is 0.308. The first-order valence-electron chi connectivity index (χ1n) is 5.81. The zero-order valence-corrected chi connectivity index (χ0v) is 11.5. The molecular formula is C13H13ClN2O4. The van der Waals surface area contributed by atoms with Crippen molar-refractivity contribution in [1.82, 2.24) is 0 Å². The molecule has 7 heteroatoms. The van der Waals surface area contributed by atoms with Gasteiger partial charge in [-0.15, -0.1) is 12.3 Å². The third-order valence-corrected chi connectivity index (χ3v) is 3.02. The van der Waals surface area contributed by atoms with Crippen molar-refractivity contribution in [2.24, 2.45) is 0 Å². The van der Waals surface area contributed by atoms with Crippen LogP contribution in [0.2, 0.25) is 5.02 Å². The van der Waals surface area contributed by atoms with Gasteiger partial charge in [-0.2, -0.15) is 0 Å². The van der Waals surface area contributed by atoms with E-state index in [0.29, 0.717) is 12.8 Å². The van der Waals surface area contributed by atoms with Gasteiger partial charge in [0.15, 0.2) is 0 Å². The number of nitrogens with zero attached hydrogens (tertiary/aromatic N) is 1. The Labute approximate surface area is 120 Å². The van der Waals surface area contributed by atoms with E-state index in [1.165, 1.54) is 0 Å². The van der Waals surface area contributed by atoms with E-state index in [9.17, 15) is 14.9 Å². The molecule has 0 bridgehead atoms. The number of hydrogen-bond donors (Lipinski definition) is 2. The molecule has 1 aromatic rings. The van der Waals surface area contributed by atoms with Gasteiger partial charge in [0, 0.05) is 24.6 Å². The van der Waals surface area contributed by atoms with Crippen LogP contribution in [0.4, 0.5) is 11.4 Å². The molecule has 0 heterocycles. The topological polar surface area (TPSA) is 92.5 Å². The van der Waals surface area contributed by atoms with Crippen molar-refractivity contribution in [3.63, 3.8) is 0 Å². The number of hydrogen-bond acceptors (Lipinski definition) is 4. The minimum Gasteiger partial charge on any atom is -0.478 e. The van der Waals surface area contributed by atoms with Crippen molar-refractivity contribution in [2.75, 3.05) is 5.32 Å². The molecule has 0 saturated heterocycles. The van der Waals surface area contributed by atoms with E-state index in [2.05, 4.69) is 11.2 Å². The van der Waals surface area contributed by atoms with Crippen molar-refractivity contribution < 1.29 is 14.8 Å². The number of carbonyl (C=O) groups is 1. The van der Waals surface area contributed by atoms with Crippen molar-refractivity contribution >= 4 is 28.9 Å². The van der Waals surface area contributed by atoms with Crippen LogP contribution < -0.4 is 5.32 Å². The second kappa shape index (κ2) is 6.78. The third kappa shape index (κ3) is 3.62. The van der Waals surface area contributed by atoms with Crippen LogP contribution in [0.1, 0.15) is 30.1 Å². The quantitative estimate of drug-likeness (QED) is 0.478. The second-order valence-electron chi connectivity index (χ2n) is 4.07. The molecule has 106 valence electrons. The minimum absolute atomic E-state index is 0.0212. The summed E-state index contributed by atoms with van der Waals surface area (Å²) in [6, 6.07) is 1.93. The summed E-state index contributed by atoms with van der Waals surface area (Å²) in [4.78, 5) is 21.2. The number of aromatic carboxylic acids is 1. The molecule has 0 amide bonds. The summed E-state index contributed by atoms with van der Waals surface area (Å²) in [5.74, 6) is 1.18. The fourth-order valence-corrected chi connectivity index (χ4v) is 1.93. The molecular weight excluding hydrogens is 284 g/mol.